The fourth-order valence-electron chi connectivity index (χ4n) is 2.72. The maximum atomic E-state index is 12.6. The van der Waals surface area contributed by atoms with E-state index in [4.69, 9.17) is 9.47 Å². The Morgan fingerprint density at radius 1 is 1.26 bits per heavy atom. The molecule has 1 aromatic carbocycles. The number of carbonyl (C=O) groups is 1. The van der Waals surface area contributed by atoms with Gasteiger partial charge in [-0.1, -0.05) is 51.1 Å². The van der Waals surface area contributed by atoms with Crippen LogP contribution >= 0.6 is 0 Å². The summed E-state index contributed by atoms with van der Waals surface area (Å²) in [6.07, 6.45) is 1.17. The van der Waals surface area contributed by atoms with E-state index in [2.05, 4.69) is 0 Å². The number of hydrogen-bond donors (Lipinski definition) is 0. The van der Waals surface area contributed by atoms with Gasteiger partial charge in [-0.3, -0.25) is 4.79 Å². The third-order valence-electron chi connectivity index (χ3n) is 3.66. The van der Waals surface area contributed by atoms with Crippen LogP contribution in [0.15, 0.2) is 30.3 Å². The predicted octanol–water partition coefficient (Wildman–Crippen LogP) is 3.78. The molecule has 0 N–H and O–H groups in total. The van der Waals surface area contributed by atoms with Gasteiger partial charge in [-0.15, -0.1) is 0 Å². The molecule has 0 atom stereocenters. The molecule has 1 aromatic rings. The lowest BCUT2D eigenvalue weighted by atomic mass is 9.77. The van der Waals surface area contributed by atoms with E-state index in [1.54, 1.807) is 0 Å². The second-order valence-electron chi connectivity index (χ2n) is 5.82. The Balaban J connectivity index is 2.12. The van der Waals surface area contributed by atoms with Crippen molar-refractivity contribution < 1.29 is 14.3 Å². The Bertz CT molecular complexity index is 444. The summed E-state index contributed by atoms with van der Waals surface area (Å²) in [6.45, 7) is 7.81. The Morgan fingerprint density at radius 3 is 2.32 bits per heavy atom. The lowest BCUT2D eigenvalue weighted by Crippen LogP contribution is -2.54. The molecule has 0 unspecified atom stereocenters. The molecule has 0 aromatic heterocycles. The highest BCUT2D eigenvalue weighted by Crippen LogP contribution is 2.42. The molecular weight excluding hydrogens is 240 g/mol. The van der Waals surface area contributed by atoms with Crippen LogP contribution in [0.25, 0.3) is 0 Å². The summed E-state index contributed by atoms with van der Waals surface area (Å²) in [6, 6.07) is 9.40. The average Bonchev–Trinajstić information content (AvgIpc) is 2.36. The van der Waals surface area contributed by atoms with E-state index in [0.717, 1.165) is 12.0 Å². The molecule has 19 heavy (non-hydrogen) atoms. The molecule has 0 saturated carbocycles. The van der Waals surface area contributed by atoms with Crippen molar-refractivity contribution in [2.24, 2.45) is 5.41 Å². The summed E-state index contributed by atoms with van der Waals surface area (Å²) in [5.74, 6) is -0.458. The predicted molar refractivity (Wildman–Crippen MR) is 73.8 cm³/mol. The summed E-state index contributed by atoms with van der Waals surface area (Å²) in [5.41, 5.74) is 0.239. The first-order valence-corrected chi connectivity index (χ1v) is 6.84. The quantitative estimate of drug-likeness (QED) is 0.757. The van der Waals surface area contributed by atoms with Gasteiger partial charge in [-0.25, -0.2) is 0 Å². The molecule has 1 aliphatic heterocycles. The SMILES string of the molecule is CCC1(CC(C)(C)C(=O)c2ccccc2)OC(C)O1. The van der Waals surface area contributed by atoms with Crippen LogP contribution in [0.2, 0.25) is 0 Å². The van der Waals surface area contributed by atoms with Crippen LogP contribution in [0.5, 0.6) is 0 Å². The van der Waals surface area contributed by atoms with Gasteiger partial charge < -0.3 is 9.47 Å². The molecule has 0 bridgehead atoms. The van der Waals surface area contributed by atoms with Gasteiger partial charge >= 0.3 is 0 Å². The molecule has 2 rings (SSSR count). The number of ketones is 1. The van der Waals surface area contributed by atoms with Crippen molar-refractivity contribution >= 4 is 5.78 Å². The van der Waals surface area contributed by atoms with Crippen LogP contribution < -0.4 is 0 Å². The molecule has 0 radical (unpaired) electrons. The lowest BCUT2D eigenvalue weighted by molar-refractivity contribution is -0.451. The standard InChI is InChI=1S/C16H22O3/c1-5-16(18-12(2)19-16)11-15(3,4)14(17)13-9-7-6-8-10-13/h6-10,12H,5,11H2,1-4H3. The highest BCUT2D eigenvalue weighted by atomic mass is 16.9. The Labute approximate surface area is 114 Å². The van der Waals surface area contributed by atoms with Crippen LogP contribution in [-0.2, 0) is 9.47 Å². The van der Waals surface area contributed by atoms with Gasteiger partial charge in [0.05, 0.1) is 0 Å². The summed E-state index contributed by atoms with van der Waals surface area (Å²) < 4.78 is 11.4. The van der Waals surface area contributed by atoms with Crippen LogP contribution in [0, 0.1) is 5.41 Å². The highest BCUT2D eigenvalue weighted by molar-refractivity contribution is 6.00. The second kappa shape index (κ2) is 5.06. The smallest absolute Gasteiger partial charge is 0.175 e. The molecule has 104 valence electrons. The highest BCUT2D eigenvalue weighted by Gasteiger charge is 2.48. The fourth-order valence-corrected chi connectivity index (χ4v) is 2.72. The van der Waals surface area contributed by atoms with Crippen LogP contribution in [0.3, 0.4) is 0 Å². The Morgan fingerprint density at radius 2 is 1.84 bits per heavy atom. The van der Waals surface area contributed by atoms with E-state index < -0.39 is 11.2 Å². The van der Waals surface area contributed by atoms with E-state index in [9.17, 15) is 4.79 Å². The molecule has 0 spiro atoms. The number of hydrogen-bond acceptors (Lipinski definition) is 3. The van der Waals surface area contributed by atoms with Crippen molar-refractivity contribution in [1.82, 2.24) is 0 Å². The maximum absolute atomic E-state index is 12.6. The molecule has 1 aliphatic rings. The fraction of sp³-hybridized carbons (Fsp3) is 0.562. The van der Waals surface area contributed by atoms with E-state index in [0.29, 0.717) is 6.42 Å². The van der Waals surface area contributed by atoms with Crippen LogP contribution in [-0.4, -0.2) is 17.9 Å². The van der Waals surface area contributed by atoms with E-state index >= 15 is 0 Å². The molecule has 0 amide bonds. The summed E-state index contributed by atoms with van der Waals surface area (Å²) in [5, 5.41) is 0. The largest absolute Gasteiger partial charge is 0.321 e. The van der Waals surface area contributed by atoms with Crippen molar-refractivity contribution in [1.29, 1.82) is 0 Å². The Hall–Kier alpha value is -1.19. The molecule has 1 saturated heterocycles. The number of ether oxygens (including phenoxy) is 2. The topological polar surface area (TPSA) is 35.5 Å². The third kappa shape index (κ3) is 2.88. The van der Waals surface area contributed by atoms with Gasteiger partial charge in [-0.05, 0) is 13.3 Å². The molecule has 3 nitrogen and oxygen atoms in total. The molecule has 0 aliphatic carbocycles. The van der Waals surface area contributed by atoms with E-state index in [1.807, 2.05) is 58.0 Å². The zero-order valence-corrected chi connectivity index (χ0v) is 12.1. The van der Waals surface area contributed by atoms with E-state index in [-0.39, 0.29) is 12.1 Å². The minimum Gasteiger partial charge on any atom is -0.321 e. The molecular formula is C16H22O3. The van der Waals surface area contributed by atoms with Crippen molar-refractivity contribution in [3.05, 3.63) is 35.9 Å². The van der Waals surface area contributed by atoms with Crippen molar-refractivity contribution in [2.75, 3.05) is 0 Å². The van der Waals surface area contributed by atoms with Crippen molar-refractivity contribution in [3.8, 4) is 0 Å². The average molecular weight is 262 g/mol. The van der Waals surface area contributed by atoms with Crippen molar-refractivity contribution in [3.63, 3.8) is 0 Å². The number of benzene rings is 1. The van der Waals surface area contributed by atoms with Crippen molar-refractivity contribution in [2.45, 2.75) is 52.6 Å². The zero-order chi connectivity index (χ0) is 14.1. The molecule has 3 heteroatoms. The van der Waals surface area contributed by atoms with Crippen LogP contribution in [0.1, 0.15) is 50.9 Å². The molecule has 1 fully saturated rings. The summed E-state index contributed by atoms with van der Waals surface area (Å²) >= 11 is 0. The number of rotatable bonds is 5. The number of Topliss-reactive ketones (excluding diaryl/α,β-unsaturated/α-hetero) is 1. The summed E-state index contributed by atoms with van der Waals surface area (Å²) in [4.78, 5) is 12.6. The van der Waals surface area contributed by atoms with Gasteiger partial charge in [0, 0.05) is 17.4 Å². The normalized spacial score (nSPS) is 26.8. The summed E-state index contributed by atoms with van der Waals surface area (Å²) in [7, 11) is 0. The van der Waals surface area contributed by atoms with Gasteiger partial charge in [0.2, 0.25) is 0 Å². The van der Waals surface area contributed by atoms with Gasteiger partial charge in [0.15, 0.2) is 17.9 Å². The first kappa shape index (κ1) is 14.2. The van der Waals surface area contributed by atoms with Crippen LogP contribution in [0.4, 0.5) is 0 Å². The Kier molecular flexibility index (Phi) is 3.79. The molecule has 1 heterocycles. The first-order valence-electron chi connectivity index (χ1n) is 6.84. The maximum Gasteiger partial charge on any atom is 0.175 e. The zero-order valence-electron chi connectivity index (χ0n) is 12.1. The minimum atomic E-state index is -0.590. The monoisotopic (exact) mass is 262 g/mol. The minimum absolute atomic E-state index is 0.132. The van der Waals surface area contributed by atoms with E-state index in [1.165, 1.54) is 0 Å². The second-order valence-corrected chi connectivity index (χ2v) is 5.82. The lowest BCUT2D eigenvalue weighted by Gasteiger charge is -2.48. The third-order valence-corrected chi connectivity index (χ3v) is 3.66. The van der Waals surface area contributed by atoms with Gasteiger partial charge in [-0.2, -0.15) is 0 Å². The van der Waals surface area contributed by atoms with Gasteiger partial charge in [0.1, 0.15) is 0 Å². The first-order chi connectivity index (χ1) is 8.88. The van der Waals surface area contributed by atoms with Gasteiger partial charge in [0.25, 0.3) is 0 Å². The number of carbonyl (C=O) groups excluding carboxylic acids is 1.